The van der Waals surface area contributed by atoms with Gasteiger partial charge in [-0.05, 0) is 42.2 Å². The second-order valence-electron chi connectivity index (χ2n) is 6.20. The summed E-state index contributed by atoms with van der Waals surface area (Å²) in [7, 11) is 0. The summed E-state index contributed by atoms with van der Waals surface area (Å²) in [6.07, 6.45) is 9.52. The second-order valence-corrected chi connectivity index (χ2v) is 6.58. The van der Waals surface area contributed by atoms with Crippen LogP contribution in [0.15, 0.2) is 12.1 Å². The number of rotatable bonds is 5. The number of halogens is 2. The van der Waals surface area contributed by atoms with E-state index in [1.807, 2.05) is 19.1 Å². The Bertz CT molecular complexity index is 433. The van der Waals surface area contributed by atoms with Crippen molar-refractivity contribution in [2.24, 2.45) is 11.8 Å². The summed E-state index contributed by atoms with van der Waals surface area (Å²) in [4.78, 5) is 0. The number of benzene rings is 1. The van der Waals surface area contributed by atoms with Gasteiger partial charge in [0.05, 0.1) is 5.02 Å². The van der Waals surface area contributed by atoms with Crippen molar-refractivity contribution in [3.63, 3.8) is 0 Å². The SMILES string of the molecule is CCc1ccc(CCC2CCC(CC)CC2)c(Cl)c1F. The molecule has 0 unspecified atom stereocenters. The van der Waals surface area contributed by atoms with E-state index in [4.69, 9.17) is 11.6 Å². The van der Waals surface area contributed by atoms with Crippen molar-refractivity contribution in [1.29, 1.82) is 0 Å². The van der Waals surface area contributed by atoms with Crippen molar-refractivity contribution >= 4 is 11.6 Å². The molecule has 0 atom stereocenters. The maximum absolute atomic E-state index is 14.0. The average molecular weight is 297 g/mol. The Hall–Kier alpha value is -0.560. The fourth-order valence-corrected chi connectivity index (χ4v) is 3.66. The lowest BCUT2D eigenvalue weighted by atomic mass is 9.78. The molecular weight excluding hydrogens is 271 g/mol. The summed E-state index contributed by atoms with van der Waals surface area (Å²) >= 11 is 6.17. The van der Waals surface area contributed by atoms with E-state index in [0.29, 0.717) is 11.4 Å². The van der Waals surface area contributed by atoms with E-state index in [1.165, 1.54) is 32.1 Å². The predicted molar refractivity (Wildman–Crippen MR) is 84.8 cm³/mol. The van der Waals surface area contributed by atoms with Gasteiger partial charge in [-0.2, -0.15) is 0 Å². The molecule has 0 heterocycles. The first-order valence-corrected chi connectivity index (χ1v) is 8.49. The molecule has 112 valence electrons. The van der Waals surface area contributed by atoms with E-state index < -0.39 is 0 Å². The fourth-order valence-electron chi connectivity index (χ4n) is 3.38. The highest BCUT2D eigenvalue weighted by molar-refractivity contribution is 6.31. The van der Waals surface area contributed by atoms with Crippen LogP contribution in [0.5, 0.6) is 0 Å². The van der Waals surface area contributed by atoms with Crippen LogP contribution in [0.3, 0.4) is 0 Å². The number of hydrogen-bond donors (Lipinski definition) is 0. The molecule has 0 spiro atoms. The molecule has 0 aliphatic heterocycles. The Balaban J connectivity index is 1.90. The van der Waals surface area contributed by atoms with Gasteiger partial charge in [0, 0.05) is 0 Å². The molecule has 0 nitrogen and oxygen atoms in total. The molecule has 0 aromatic heterocycles. The number of aryl methyl sites for hydroxylation is 2. The zero-order valence-electron chi connectivity index (χ0n) is 12.7. The van der Waals surface area contributed by atoms with E-state index in [1.54, 1.807) is 0 Å². The van der Waals surface area contributed by atoms with Crippen LogP contribution in [0.25, 0.3) is 0 Å². The lowest BCUT2D eigenvalue weighted by Gasteiger charge is -2.27. The van der Waals surface area contributed by atoms with E-state index in [0.717, 1.165) is 35.8 Å². The summed E-state index contributed by atoms with van der Waals surface area (Å²) in [5.41, 5.74) is 1.71. The molecule has 2 heteroatoms. The molecule has 0 bridgehead atoms. The van der Waals surface area contributed by atoms with Crippen LogP contribution in [0.2, 0.25) is 5.02 Å². The Morgan fingerprint density at radius 3 is 2.25 bits per heavy atom. The molecule has 1 aromatic rings. The third kappa shape index (κ3) is 3.75. The normalized spacial score (nSPS) is 23.0. The molecule has 0 N–H and O–H groups in total. The molecule has 1 aliphatic rings. The van der Waals surface area contributed by atoms with Crippen LogP contribution in [0, 0.1) is 17.7 Å². The summed E-state index contributed by atoms with van der Waals surface area (Å²) in [6.45, 7) is 4.25. The molecule has 20 heavy (non-hydrogen) atoms. The van der Waals surface area contributed by atoms with Crippen molar-refractivity contribution in [3.8, 4) is 0 Å². The van der Waals surface area contributed by atoms with Gasteiger partial charge in [0.1, 0.15) is 5.82 Å². The summed E-state index contributed by atoms with van der Waals surface area (Å²) in [5.74, 6) is 1.54. The van der Waals surface area contributed by atoms with Crippen LogP contribution in [-0.2, 0) is 12.8 Å². The molecule has 1 saturated carbocycles. The molecule has 0 saturated heterocycles. The second kappa shape index (κ2) is 7.45. The highest BCUT2D eigenvalue weighted by Crippen LogP contribution is 2.34. The molecule has 1 aromatic carbocycles. The minimum atomic E-state index is -0.207. The van der Waals surface area contributed by atoms with Crippen LogP contribution >= 0.6 is 11.6 Å². The fraction of sp³-hybridized carbons (Fsp3) is 0.667. The highest BCUT2D eigenvalue weighted by Gasteiger charge is 2.20. The monoisotopic (exact) mass is 296 g/mol. The first-order chi connectivity index (χ1) is 9.65. The summed E-state index contributed by atoms with van der Waals surface area (Å²) in [6, 6.07) is 3.91. The Labute approximate surface area is 127 Å². The average Bonchev–Trinajstić information content (AvgIpc) is 2.49. The summed E-state index contributed by atoms with van der Waals surface area (Å²) in [5, 5.41) is 0.353. The van der Waals surface area contributed by atoms with Gasteiger partial charge in [0.25, 0.3) is 0 Å². The van der Waals surface area contributed by atoms with E-state index in [2.05, 4.69) is 6.92 Å². The molecule has 0 radical (unpaired) electrons. The van der Waals surface area contributed by atoms with Crippen molar-refractivity contribution < 1.29 is 4.39 Å². The molecule has 1 fully saturated rings. The van der Waals surface area contributed by atoms with Crippen molar-refractivity contribution in [3.05, 3.63) is 34.1 Å². The van der Waals surface area contributed by atoms with Crippen LogP contribution in [0.4, 0.5) is 4.39 Å². The van der Waals surface area contributed by atoms with Crippen molar-refractivity contribution in [1.82, 2.24) is 0 Å². The van der Waals surface area contributed by atoms with Gasteiger partial charge in [0.2, 0.25) is 0 Å². The maximum atomic E-state index is 14.0. The standard InChI is InChI=1S/C18H26ClF/c1-3-13-5-7-14(8-6-13)9-10-16-12-11-15(4-2)18(20)17(16)19/h11-14H,3-10H2,1-2H3. The molecule has 1 aliphatic carbocycles. The number of hydrogen-bond acceptors (Lipinski definition) is 0. The first-order valence-electron chi connectivity index (χ1n) is 8.11. The topological polar surface area (TPSA) is 0 Å². The van der Waals surface area contributed by atoms with E-state index >= 15 is 0 Å². The van der Waals surface area contributed by atoms with Crippen LogP contribution < -0.4 is 0 Å². The van der Waals surface area contributed by atoms with Gasteiger partial charge in [0.15, 0.2) is 0 Å². The molecular formula is C18H26ClF. The van der Waals surface area contributed by atoms with E-state index in [-0.39, 0.29) is 5.82 Å². The first kappa shape index (κ1) is 15.8. The minimum absolute atomic E-state index is 0.207. The van der Waals surface area contributed by atoms with Crippen LogP contribution in [-0.4, -0.2) is 0 Å². The van der Waals surface area contributed by atoms with Gasteiger partial charge in [-0.3, -0.25) is 0 Å². The van der Waals surface area contributed by atoms with E-state index in [9.17, 15) is 4.39 Å². The highest BCUT2D eigenvalue weighted by atomic mass is 35.5. The zero-order valence-corrected chi connectivity index (χ0v) is 13.5. The lowest BCUT2D eigenvalue weighted by Crippen LogP contribution is -2.14. The molecule has 0 amide bonds. The quantitative estimate of drug-likeness (QED) is 0.607. The Kier molecular flexibility index (Phi) is 5.89. The van der Waals surface area contributed by atoms with Crippen molar-refractivity contribution in [2.75, 3.05) is 0 Å². The predicted octanol–water partition coefficient (Wildman–Crippen LogP) is 6.19. The van der Waals surface area contributed by atoms with Gasteiger partial charge in [-0.25, -0.2) is 4.39 Å². The third-order valence-electron chi connectivity index (χ3n) is 4.99. The minimum Gasteiger partial charge on any atom is -0.205 e. The lowest BCUT2D eigenvalue weighted by molar-refractivity contribution is 0.259. The van der Waals surface area contributed by atoms with Crippen LogP contribution in [0.1, 0.15) is 63.5 Å². The zero-order chi connectivity index (χ0) is 14.5. The Morgan fingerprint density at radius 2 is 1.65 bits per heavy atom. The van der Waals surface area contributed by atoms with Gasteiger partial charge < -0.3 is 0 Å². The van der Waals surface area contributed by atoms with Gasteiger partial charge in [-0.1, -0.05) is 69.7 Å². The van der Waals surface area contributed by atoms with Gasteiger partial charge >= 0.3 is 0 Å². The third-order valence-corrected chi connectivity index (χ3v) is 5.40. The Morgan fingerprint density at radius 1 is 1.05 bits per heavy atom. The maximum Gasteiger partial charge on any atom is 0.145 e. The molecule has 2 rings (SSSR count). The van der Waals surface area contributed by atoms with Gasteiger partial charge in [-0.15, -0.1) is 0 Å². The van der Waals surface area contributed by atoms with Crippen molar-refractivity contribution in [2.45, 2.75) is 65.2 Å². The largest absolute Gasteiger partial charge is 0.205 e. The summed E-state index contributed by atoms with van der Waals surface area (Å²) < 4.78 is 14.0. The smallest absolute Gasteiger partial charge is 0.145 e.